The van der Waals surface area contributed by atoms with Crippen LogP contribution < -0.4 is 10.1 Å². The molecular weight excluding hydrogens is 437 g/mol. The van der Waals surface area contributed by atoms with Gasteiger partial charge in [0.25, 0.3) is 5.91 Å². The number of halogens is 5. The van der Waals surface area contributed by atoms with Gasteiger partial charge in [0.05, 0.1) is 6.54 Å². The maximum absolute atomic E-state index is 13.7. The average Bonchev–Trinajstić information content (AvgIpc) is 3.02. The molecule has 1 aliphatic rings. The summed E-state index contributed by atoms with van der Waals surface area (Å²) < 4.78 is 71.6. The summed E-state index contributed by atoms with van der Waals surface area (Å²) in [5, 5.41) is 2.77. The van der Waals surface area contributed by atoms with E-state index in [0.29, 0.717) is 25.2 Å². The van der Waals surface area contributed by atoms with Gasteiger partial charge in [-0.1, -0.05) is 18.2 Å². The fourth-order valence-corrected chi connectivity index (χ4v) is 3.24. The van der Waals surface area contributed by atoms with E-state index in [1.807, 2.05) is 11.0 Å². The lowest BCUT2D eigenvalue weighted by Crippen LogP contribution is -2.39. The van der Waals surface area contributed by atoms with Gasteiger partial charge >= 0.3 is 0 Å². The minimum Gasteiger partial charge on any atom is -0.477 e. The summed E-state index contributed by atoms with van der Waals surface area (Å²) in [4.78, 5) is 27.7. The van der Waals surface area contributed by atoms with Crippen LogP contribution in [0.3, 0.4) is 0 Å². The Morgan fingerprint density at radius 1 is 0.844 bits per heavy atom. The first-order valence-corrected chi connectivity index (χ1v) is 9.77. The van der Waals surface area contributed by atoms with E-state index in [4.69, 9.17) is 0 Å². The third-order valence-corrected chi connectivity index (χ3v) is 4.88. The number of carbonyl (C=O) groups is 2. The minimum atomic E-state index is -2.30. The monoisotopic (exact) mass is 457 g/mol. The highest BCUT2D eigenvalue weighted by molar-refractivity contribution is 5.92. The smallest absolute Gasteiger partial charge is 0.260 e. The Kier molecular flexibility index (Phi) is 7.62. The van der Waals surface area contributed by atoms with Crippen LogP contribution in [0, 0.1) is 29.1 Å². The molecule has 6 nitrogen and oxygen atoms in total. The van der Waals surface area contributed by atoms with Crippen molar-refractivity contribution >= 4 is 17.5 Å². The molecule has 2 aromatic rings. The lowest BCUT2D eigenvalue weighted by Gasteiger charge is -2.22. The number of anilines is 1. The second-order valence-corrected chi connectivity index (χ2v) is 7.11. The molecule has 2 aromatic carbocycles. The summed E-state index contributed by atoms with van der Waals surface area (Å²) >= 11 is 0. The molecule has 1 heterocycles. The Balaban J connectivity index is 1.52. The molecule has 0 spiro atoms. The van der Waals surface area contributed by atoms with E-state index in [-0.39, 0.29) is 25.5 Å². The highest BCUT2D eigenvalue weighted by Crippen LogP contribution is 2.29. The number of rotatable bonds is 6. The molecule has 0 bridgehead atoms. The standard InChI is InChI=1S/C21H20F5N3O3/c22-16-17(23)19(25)21(20(26)18(16)24)32-12-15(31)29-8-4-7-28(9-10-29)11-14(30)27-13-5-2-1-3-6-13/h1-3,5-6H,4,7-12H2,(H,27,30). The van der Waals surface area contributed by atoms with Crippen molar-refractivity contribution in [2.24, 2.45) is 0 Å². The molecule has 32 heavy (non-hydrogen) atoms. The number of nitrogens with one attached hydrogen (secondary N) is 1. The van der Waals surface area contributed by atoms with Gasteiger partial charge in [0.2, 0.25) is 35.0 Å². The number of amides is 2. The van der Waals surface area contributed by atoms with Crippen LogP contribution in [0.15, 0.2) is 30.3 Å². The van der Waals surface area contributed by atoms with Gasteiger partial charge in [-0.25, -0.2) is 13.2 Å². The van der Waals surface area contributed by atoms with Gasteiger partial charge in [-0.15, -0.1) is 0 Å². The van der Waals surface area contributed by atoms with E-state index in [0.717, 1.165) is 0 Å². The van der Waals surface area contributed by atoms with Gasteiger partial charge in [0, 0.05) is 31.9 Å². The Bertz CT molecular complexity index is 961. The second kappa shape index (κ2) is 10.4. The molecule has 0 atom stereocenters. The summed E-state index contributed by atoms with van der Waals surface area (Å²) in [6.45, 7) is 0.597. The van der Waals surface area contributed by atoms with E-state index >= 15 is 0 Å². The first-order valence-electron chi connectivity index (χ1n) is 9.77. The van der Waals surface area contributed by atoms with Crippen LogP contribution in [0.1, 0.15) is 6.42 Å². The summed E-state index contributed by atoms with van der Waals surface area (Å²) in [5.41, 5.74) is 0.661. The fourth-order valence-electron chi connectivity index (χ4n) is 3.24. The first-order chi connectivity index (χ1) is 15.3. The quantitative estimate of drug-likeness (QED) is 0.412. The molecule has 11 heteroatoms. The van der Waals surface area contributed by atoms with Crippen molar-refractivity contribution in [1.82, 2.24) is 9.80 Å². The molecule has 3 rings (SSSR count). The van der Waals surface area contributed by atoms with Crippen molar-refractivity contribution in [3.63, 3.8) is 0 Å². The molecule has 1 fully saturated rings. The maximum Gasteiger partial charge on any atom is 0.260 e. The zero-order chi connectivity index (χ0) is 23.3. The first kappa shape index (κ1) is 23.5. The molecule has 1 N–H and O–H groups in total. The van der Waals surface area contributed by atoms with Crippen molar-refractivity contribution in [3.05, 3.63) is 59.4 Å². The van der Waals surface area contributed by atoms with E-state index in [2.05, 4.69) is 10.1 Å². The third kappa shape index (κ3) is 5.52. The normalized spacial score (nSPS) is 14.7. The van der Waals surface area contributed by atoms with Crippen molar-refractivity contribution in [3.8, 4) is 5.75 Å². The summed E-state index contributed by atoms with van der Waals surface area (Å²) in [7, 11) is 0. The van der Waals surface area contributed by atoms with E-state index in [1.54, 1.807) is 24.3 Å². The van der Waals surface area contributed by atoms with Crippen LogP contribution in [-0.4, -0.2) is 60.9 Å². The van der Waals surface area contributed by atoms with Crippen molar-refractivity contribution < 1.29 is 36.3 Å². The summed E-state index contributed by atoms with van der Waals surface area (Å²) in [6.07, 6.45) is 0.521. The lowest BCUT2D eigenvalue weighted by atomic mass is 10.2. The van der Waals surface area contributed by atoms with Crippen LogP contribution in [0.4, 0.5) is 27.6 Å². The highest BCUT2D eigenvalue weighted by Gasteiger charge is 2.28. The molecule has 2 amide bonds. The predicted molar refractivity (Wildman–Crippen MR) is 104 cm³/mol. The molecule has 1 aliphatic heterocycles. The van der Waals surface area contributed by atoms with E-state index < -0.39 is 47.3 Å². The van der Waals surface area contributed by atoms with Gasteiger partial charge in [0.1, 0.15) is 0 Å². The lowest BCUT2D eigenvalue weighted by molar-refractivity contribution is -0.133. The molecule has 0 radical (unpaired) electrons. The zero-order valence-corrected chi connectivity index (χ0v) is 16.8. The zero-order valence-electron chi connectivity index (χ0n) is 16.8. The average molecular weight is 457 g/mol. The molecule has 172 valence electrons. The third-order valence-electron chi connectivity index (χ3n) is 4.88. The number of carbonyl (C=O) groups excluding carboxylic acids is 2. The fraction of sp³-hybridized carbons (Fsp3) is 0.333. The summed E-state index contributed by atoms with van der Waals surface area (Å²) in [6, 6.07) is 8.92. The maximum atomic E-state index is 13.7. The Morgan fingerprint density at radius 3 is 2.12 bits per heavy atom. The summed E-state index contributed by atoms with van der Waals surface area (Å²) in [5.74, 6) is -13.3. The topological polar surface area (TPSA) is 61.9 Å². The Morgan fingerprint density at radius 2 is 1.47 bits per heavy atom. The predicted octanol–water partition coefficient (Wildman–Crippen LogP) is 2.93. The van der Waals surface area contributed by atoms with E-state index in [1.165, 1.54) is 4.90 Å². The molecule has 0 aliphatic carbocycles. The number of nitrogens with zero attached hydrogens (tertiary/aromatic N) is 2. The highest BCUT2D eigenvalue weighted by atomic mass is 19.2. The molecule has 0 saturated carbocycles. The molecule has 0 aromatic heterocycles. The van der Waals surface area contributed by atoms with Crippen LogP contribution in [0.2, 0.25) is 0 Å². The van der Waals surface area contributed by atoms with Gasteiger partial charge in [-0.2, -0.15) is 8.78 Å². The Hall–Kier alpha value is -3.21. The second-order valence-electron chi connectivity index (χ2n) is 7.11. The van der Waals surface area contributed by atoms with Crippen LogP contribution in [-0.2, 0) is 9.59 Å². The number of para-hydroxylation sites is 1. The number of hydrogen-bond acceptors (Lipinski definition) is 4. The number of benzene rings is 2. The van der Waals surface area contributed by atoms with Crippen molar-refractivity contribution in [1.29, 1.82) is 0 Å². The largest absolute Gasteiger partial charge is 0.477 e. The van der Waals surface area contributed by atoms with Gasteiger partial charge < -0.3 is 15.0 Å². The molecular formula is C21H20F5N3O3. The van der Waals surface area contributed by atoms with Gasteiger partial charge in [-0.3, -0.25) is 14.5 Å². The van der Waals surface area contributed by atoms with Crippen molar-refractivity contribution in [2.75, 3.05) is 44.6 Å². The number of ether oxygens (including phenoxy) is 1. The molecule has 0 unspecified atom stereocenters. The SMILES string of the molecule is O=C(CN1CCCN(C(=O)COc2c(F)c(F)c(F)c(F)c2F)CC1)Nc1ccccc1. The van der Waals surface area contributed by atoms with Crippen molar-refractivity contribution in [2.45, 2.75) is 6.42 Å². The van der Waals surface area contributed by atoms with Gasteiger partial charge in [-0.05, 0) is 18.6 Å². The van der Waals surface area contributed by atoms with E-state index in [9.17, 15) is 31.5 Å². The number of hydrogen-bond donors (Lipinski definition) is 1. The van der Waals surface area contributed by atoms with Crippen LogP contribution >= 0.6 is 0 Å². The van der Waals surface area contributed by atoms with Crippen LogP contribution in [0.5, 0.6) is 5.75 Å². The minimum absolute atomic E-state index is 0.109. The Labute approximate surface area is 180 Å². The van der Waals surface area contributed by atoms with Crippen LogP contribution in [0.25, 0.3) is 0 Å². The van der Waals surface area contributed by atoms with Gasteiger partial charge in [0.15, 0.2) is 12.4 Å². The molecule has 1 saturated heterocycles.